The Morgan fingerprint density at radius 3 is 1.95 bits per heavy atom. The van der Waals surface area contributed by atoms with Crippen LogP contribution >= 0.6 is 0 Å². The van der Waals surface area contributed by atoms with Gasteiger partial charge in [0, 0.05) is 0 Å². The van der Waals surface area contributed by atoms with Crippen LogP contribution in [0.4, 0.5) is 0 Å². The van der Waals surface area contributed by atoms with Gasteiger partial charge >= 0.3 is 0 Å². The van der Waals surface area contributed by atoms with E-state index >= 15 is 0 Å². The Morgan fingerprint density at radius 2 is 1.37 bits per heavy atom. The lowest BCUT2D eigenvalue weighted by molar-refractivity contribution is 0.643. The van der Waals surface area contributed by atoms with Crippen molar-refractivity contribution in [1.29, 1.82) is 0 Å². The van der Waals surface area contributed by atoms with Gasteiger partial charge in [-0.2, -0.15) is 0 Å². The van der Waals surface area contributed by atoms with Gasteiger partial charge in [0.2, 0.25) is 0 Å². The minimum Gasteiger partial charge on any atom is -0.0648 e. The van der Waals surface area contributed by atoms with E-state index in [0.29, 0.717) is 5.92 Å². The quantitative estimate of drug-likeness (QED) is 0.638. The van der Waals surface area contributed by atoms with Gasteiger partial charge in [-0.05, 0) is 49.3 Å². The van der Waals surface area contributed by atoms with Gasteiger partial charge in [-0.15, -0.1) is 0 Å². The fraction of sp³-hybridized carbons (Fsp3) is 0.368. The third kappa shape index (κ3) is 3.07. The molecule has 19 heavy (non-hydrogen) atoms. The molecule has 0 aliphatic carbocycles. The zero-order chi connectivity index (χ0) is 13.8. The first-order valence-electron chi connectivity index (χ1n) is 7.33. The highest BCUT2D eigenvalue weighted by atomic mass is 14.2. The monoisotopic (exact) mass is 252 g/mol. The van der Waals surface area contributed by atoms with Crippen LogP contribution in [-0.4, -0.2) is 0 Å². The summed E-state index contributed by atoms with van der Waals surface area (Å²) in [5.74, 6) is 0.663. The van der Waals surface area contributed by atoms with Crippen LogP contribution in [0.5, 0.6) is 0 Å². The van der Waals surface area contributed by atoms with E-state index in [0.717, 1.165) is 0 Å². The smallest absolute Gasteiger partial charge is 0.0149 e. The Labute approximate surface area is 117 Å². The summed E-state index contributed by atoms with van der Waals surface area (Å²) in [6, 6.07) is 15.8. The summed E-state index contributed by atoms with van der Waals surface area (Å²) < 4.78 is 0. The van der Waals surface area contributed by atoms with Crippen molar-refractivity contribution in [2.24, 2.45) is 0 Å². The van der Waals surface area contributed by atoms with Gasteiger partial charge in [0.1, 0.15) is 0 Å². The zero-order valence-corrected chi connectivity index (χ0v) is 12.5. The standard InChI is InChI=1S/C19H24/c1-5-16(6-2)19-13-15(4)9-12-18(19)17-10-7-14(3)8-11-17/h7-13,16H,5-6H2,1-4H3. The van der Waals surface area contributed by atoms with Crippen molar-refractivity contribution in [2.75, 3.05) is 0 Å². The molecule has 0 nitrogen and oxygen atoms in total. The molecule has 0 aromatic heterocycles. The van der Waals surface area contributed by atoms with Crippen LogP contribution in [0.1, 0.15) is 49.3 Å². The van der Waals surface area contributed by atoms with E-state index in [4.69, 9.17) is 0 Å². The highest BCUT2D eigenvalue weighted by Crippen LogP contribution is 2.33. The summed E-state index contributed by atoms with van der Waals surface area (Å²) >= 11 is 0. The molecule has 0 N–H and O–H groups in total. The maximum atomic E-state index is 2.37. The number of benzene rings is 2. The second-order valence-corrected chi connectivity index (χ2v) is 5.47. The fourth-order valence-electron chi connectivity index (χ4n) is 2.74. The van der Waals surface area contributed by atoms with Crippen molar-refractivity contribution < 1.29 is 0 Å². The van der Waals surface area contributed by atoms with Crippen molar-refractivity contribution in [3.05, 3.63) is 59.2 Å². The SMILES string of the molecule is CCC(CC)c1cc(C)ccc1-c1ccc(C)cc1. The van der Waals surface area contributed by atoms with E-state index in [-0.39, 0.29) is 0 Å². The summed E-state index contributed by atoms with van der Waals surface area (Å²) in [4.78, 5) is 0. The Balaban J connectivity index is 2.53. The minimum absolute atomic E-state index is 0.663. The van der Waals surface area contributed by atoms with Crippen LogP contribution in [0.3, 0.4) is 0 Å². The maximum Gasteiger partial charge on any atom is -0.0149 e. The Hall–Kier alpha value is -1.56. The molecule has 0 fully saturated rings. The fourth-order valence-corrected chi connectivity index (χ4v) is 2.74. The van der Waals surface area contributed by atoms with Crippen LogP contribution in [0.25, 0.3) is 11.1 Å². The van der Waals surface area contributed by atoms with Crippen molar-refractivity contribution in [2.45, 2.75) is 46.5 Å². The van der Waals surface area contributed by atoms with Gasteiger partial charge in [-0.3, -0.25) is 0 Å². The van der Waals surface area contributed by atoms with Gasteiger partial charge in [-0.25, -0.2) is 0 Å². The number of hydrogen-bond donors (Lipinski definition) is 0. The molecule has 0 saturated heterocycles. The first kappa shape index (κ1) is 13.9. The summed E-state index contributed by atoms with van der Waals surface area (Å²) in [5.41, 5.74) is 6.93. The third-order valence-electron chi connectivity index (χ3n) is 4.00. The number of hydrogen-bond acceptors (Lipinski definition) is 0. The van der Waals surface area contributed by atoms with Crippen LogP contribution in [0.15, 0.2) is 42.5 Å². The average Bonchev–Trinajstić information content (AvgIpc) is 2.42. The summed E-state index contributed by atoms with van der Waals surface area (Å²) in [7, 11) is 0. The zero-order valence-electron chi connectivity index (χ0n) is 12.5. The van der Waals surface area contributed by atoms with Gasteiger partial charge < -0.3 is 0 Å². The molecular weight excluding hydrogens is 228 g/mol. The van der Waals surface area contributed by atoms with E-state index in [1.54, 1.807) is 0 Å². The normalized spacial score (nSPS) is 11.0. The lowest BCUT2D eigenvalue weighted by Crippen LogP contribution is -1.99. The van der Waals surface area contributed by atoms with E-state index in [9.17, 15) is 0 Å². The average molecular weight is 252 g/mol. The molecule has 0 bridgehead atoms. The summed E-state index contributed by atoms with van der Waals surface area (Å²) in [5, 5.41) is 0. The molecule has 2 aromatic rings. The molecule has 2 aromatic carbocycles. The Morgan fingerprint density at radius 1 is 0.789 bits per heavy atom. The minimum atomic E-state index is 0.663. The van der Waals surface area contributed by atoms with Crippen LogP contribution in [0.2, 0.25) is 0 Å². The second-order valence-electron chi connectivity index (χ2n) is 5.47. The van der Waals surface area contributed by atoms with Crippen LogP contribution in [0, 0.1) is 13.8 Å². The molecular formula is C19H24. The van der Waals surface area contributed by atoms with Crippen molar-refractivity contribution in [3.8, 4) is 11.1 Å². The summed E-state index contributed by atoms with van der Waals surface area (Å²) in [6.45, 7) is 8.90. The predicted molar refractivity (Wildman–Crippen MR) is 84.7 cm³/mol. The first-order chi connectivity index (χ1) is 9.15. The number of rotatable bonds is 4. The third-order valence-corrected chi connectivity index (χ3v) is 4.00. The Kier molecular flexibility index (Phi) is 4.42. The molecule has 0 aliphatic rings. The molecule has 100 valence electrons. The molecule has 0 atom stereocenters. The summed E-state index contributed by atoms with van der Waals surface area (Å²) in [6.07, 6.45) is 2.41. The molecule has 0 heteroatoms. The van der Waals surface area contributed by atoms with Crippen LogP contribution < -0.4 is 0 Å². The van der Waals surface area contributed by atoms with Crippen molar-refractivity contribution in [3.63, 3.8) is 0 Å². The van der Waals surface area contributed by atoms with E-state index in [1.165, 1.54) is 40.7 Å². The molecule has 0 radical (unpaired) electrons. The highest BCUT2D eigenvalue weighted by molar-refractivity contribution is 5.68. The first-order valence-corrected chi connectivity index (χ1v) is 7.33. The molecule has 2 rings (SSSR count). The molecule has 0 unspecified atom stereocenters. The Bertz CT molecular complexity index is 530. The topological polar surface area (TPSA) is 0 Å². The number of aryl methyl sites for hydroxylation is 2. The molecule has 0 spiro atoms. The van der Waals surface area contributed by atoms with E-state index in [2.05, 4.69) is 70.2 Å². The largest absolute Gasteiger partial charge is 0.0648 e. The molecule has 0 amide bonds. The van der Waals surface area contributed by atoms with Gasteiger partial charge in [0.25, 0.3) is 0 Å². The molecule has 0 aliphatic heterocycles. The van der Waals surface area contributed by atoms with Crippen molar-refractivity contribution in [1.82, 2.24) is 0 Å². The highest BCUT2D eigenvalue weighted by Gasteiger charge is 2.13. The lowest BCUT2D eigenvalue weighted by atomic mass is 9.86. The maximum absolute atomic E-state index is 2.37. The molecule has 0 saturated carbocycles. The van der Waals surface area contributed by atoms with Gasteiger partial charge in [-0.1, -0.05) is 67.4 Å². The lowest BCUT2D eigenvalue weighted by Gasteiger charge is -2.19. The second kappa shape index (κ2) is 6.06. The van der Waals surface area contributed by atoms with Crippen LogP contribution in [-0.2, 0) is 0 Å². The van der Waals surface area contributed by atoms with Gasteiger partial charge in [0.05, 0.1) is 0 Å². The van der Waals surface area contributed by atoms with E-state index < -0.39 is 0 Å². The van der Waals surface area contributed by atoms with Crippen molar-refractivity contribution >= 4 is 0 Å². The van der Waals surface area contributed by atoms with E-state index in [1.807, 2.05) is 0 Å². The van der Waals surface area contributed by atoms with Gasteiger partial charge in [0.15, 0.2) is 0 Å². The predicted octanol–water partition coefficient (Wildman–Crippen LogP) is 5.87. The molecule has 0 heterocycles.